The van der Waals surface area contributed by atoms with Crippen molar-refractivity contribution in [1.29, 1.82) is 0 Å². The summed E-state index contributed by atoms with van der Waals surface area (Å²) in [4.78, 5) is 31.4. The minimum atomic E-state index is -0.918. The van der Waals surface area contributed by atoms with Gasteiger partial charge in [0.25, 0.3) is 0 Å². The first kappa shape index (κ1) is 28.1. The summed E-state index contributed by atoms with van der Waals surface area (Å²) in [7, 11) is 1.75. The lowest BCUT2D eigenvalue weighted by Crippen LogP contribution is -2.29. The summed E-state index contributed by atoms with van der Waals surface area (Å²) in [5.41, 5.74) is 11.5. The van der Waals surface area contributed by atoms with E-state index in [9.17, 15) is 4.79 Å². The zero-order valence-electron chi connectivity index (χ0n) is 21.7. The predicted octanol–water partition coefficient (Wildman–Crippen LogP) is 4.72. The number of halogens is 2. The number of pyridine rings is 1. The van der Waals surface area contributed by atoms with Gasteiger partial charge in [0.05, 0.1) is 17.8 Å². The van der Waals surface area contributed by atoms with Gasteiger partial charge in [0.2, 0.25) is 0 Å². The van der Waals surface area contributed by atoms with Crippen LogP contribution in [0.1, 0.15) is 30.7 Å². The fourth-order valence-corrected chi connectivity index (χ4v) is 4.96. The molecule has 4 heterocycles. The molecule has 204 valence electrons. The van der Waals surface area contributed by atoms with Gasteiger partial charge in [0.1, 0.15) is 24.5 Å². The highest BCUT2D eigenvalue weighted by Gasteiger charge is 2.27. The molecule has 0 unspecified atom stereocenters. The van der Waals surface area contributed by atoms with Crippen molar-refractivity contribution in [2.75, 3.05) is 18.1 Å². The fourth-order valence-electron chi connectivity index (χ4n) is 4.96. The first-order chi connectivity index (χ1) is 17.8. The Kier molecular flexibility index (Phi) is 7.72. The Morgan fingerprint density at radius 2 is 1.95 bits per heavy atom. The maximum Gasteiger partial charge on any atom is 0.412 e. The molecule has 12 heteroatoms. The highest BCUT2D eigenvalue weighted by atomic mass is 35.5. The van der Waals surface area contributed by atoms with Gasteiger partial charge in [0, 0.05) is 36.5 Å². The zero-order chi connectivity index (χ0) is 25.7. The largest absolute Gasteiger partial charge is 0.491 e. The molecule has 2 aliphatic rings. The van der Waals surface area contributed by atoms with Crippen LogP contribution in [-0.4, -0.2) is 43.7 Å². The van der Waals surface area contributed by atoms with Crippen molar-refractivity contribution in [3.05, 3.63) is 59.7 Å². The Labute approximate surface area is 238 Å². The van der Waals surface area contributed by atoms with Crippen LogP contribution in [0.2, 0.25) is 0 Å². The molecule has 0 spiro atoms. The van der Waals surface area contributed by atoms with Crippen LogP contribution < -0.4 is 20.1 Å². The number of hydrogen-bond donors (Lipinski definition) is 1. The van der Waals surface area contributed by atoms with Gasteiger partial charge < -0.3 is 20.1 Å². The summed E-state index contributed by atoms with van der Waals surface area (Å²) in [5.74, 6) is 1.82. The molecule has 4 aromatic rings. The van der Waals surface area contributed by atoms with Gasteiger partial charge in [-0.3, -0.25) is 4.57 Å². The van der Waals surface area contributed by atoms with Gasteiger partial charge in [-0.2, -0.15) is 4.98 Å². The third-order valence-electron chi connectivity index (χ3n) is 6.84. The van der Waals surface area contributed by atoms with Gasteiger partial charge in [-0.1, -0.05) is 26.0 Å². The van der Waals surface area contributed by atoms with E-state index in [1.54, 1.807) is 24.1 Å². The second kappa shape index (κ2) is 10.7. The van der Waals surface area contributed by atoms with Gasteiger partial charge in [0.15, 0.2) is 5.65 Å². The number of amides is 1. The summed E-state index contributed by atoms with van der Waals surface area (Å²) in [6.45, 7) is 6.41. The third kappa shape index (κ3) is 5.35. The van der Waals surface area contributed by atoms with Crippen LogP contribution >= 0.6 is 24.8 Å². The number of carbonyl (C=O) groups is 1. The van der Waals surface area contributed by atoms with Crippen molar-refractivity contribution in [2.24, 2.45) is 18.2 Å². The van der Waals surface area contributed by atoms with Crippen LogP contribution in [0.5, 0.6) is 11.8 Å². The first-order valence-corrected chi connectivity index (χ1v) is 12.1. The number of allylic oxidation sites excluding steroid dienone is 1. The molecule has 6 rings (SSSR count). The Morgan fingerprint density at radius 1 is 1.13 bits per heavy atom. The summed E-state index contributed by atoms with van der Waals surface area (Å²) in [6, 6.07) is 8.23. The minimum absolute atomic E-state index is 0. The maximum atomic E-state index is 11.2. The van der Waals surface area contributed by atoms with Crippen LogP contribution in [-0.2, 0) is 20.0 Å². The van der Waals surface area contributed by atoms with Gasteiger partial charge in [-0.25, -0.2) is 19.7 Å². The van der Waals surface area contributed by atoms with Crippen molar-refractivity contribution in [3.8, 4) is 22.9 Å². The van der Waals surface area contributed by atoms with E-state index in [1.165, 1.54) is 5.56 Å². The van der Waals surface area contributed by atoms with E-state index in [0.29, 0.717) is 18.8 Å². The zero-order valence-corrected chi connectivity index (χ0v) is 23.4. The molecule has 0 bridgehead atoms. The van der Waals surface area contributed by atoms with Crippen LogP contribution in [0.3, 0.4) is 0 Å². The number of carbonyl (C=O) groups excluding carboxylic acids is 1. The van der Waals surface area contributed by atoms with E-state index >= 15 is 0 Å². The molecule has 1 aliphatic heterocycles. The number of primary amides is 1. The van der Waals surface area contributed by atoms with Crippen LogP contribution in [0.25, 0.3) is 28.4 Å². The summed E-state index contributed by atoms with van der Waals surface area (Å²) in [5, 5.41) is 0. The van der Waals surface area contributed by atoms with E-state index in [0.717, 1.165) is 52.4 Å². The molecule has 1 aliphatic carbocycles. The Bertz CT molecular complexity index is 1590. The highest BCUT2D eigenvalue weighted by molar-refractivity contribution is 5.85. The smallest absolute Gasteiger partial charge is 0.412 e. The first-order valence-electron chi connectivity index (χ1n) is 12.1. The number of benzene rings is 1. The molecule has 0 saturated carbocycles. The van der Waals surface area contributed by atoms with Gasteiger partial charge in [-0.05, 0) is 41.7 Å². The standard InChI is InChI=1S/C27H27N7O3.2ClH/c1-27(2)7-6-20-19(12-27)24(31-15-30-20)34-8-9-36-22-5-4-16(10-18(22)14-34)17-11-21-23(29-13-17)32-26(33(21)3)37-25(28)35;;/h4-7,10-11,13,15H,8-9,12,14H2,1-3H3,(H2,28,35);2*1H. The topological polar surface area (TPSA) is 121 Å². The molecule has 0 atom stereocenters. The Balaban J connectivity index is 0.00000176. The lowest BCUT2D eigenvalue weighted by atomic mass is 9.81. The molecule has 1 aromatic carbocycles. The van der Waals surface area contributed by atoms with Crippen molar-refractivity contribution >= 4 is 54.0 Å². The van der Waals surface area contributed by atoms with E-state index in [1.807, 2.05) is 18.2 Å². The number of nitrogens with two attached hydrogens (primary N) is 1. The Morgan fingerprint density at radius 3 is 2.74 bits per heavy atom. The number of imidazole rings is 1. The van der Waals surface area contributed by atoms with Gasteiger partial charge in [-0.15, -0.1) is 24.8 Å². The number of hydrogen-bond acceptors (Lipinski definition) is 8. The van der Waals surface area contributed by atoms with E-state index < -0.39 is 6.09 Å². The molecule has 0 radical (unpaired) electrons. The summed E-state index contributed by atoms with van der Waals surface area (Å²) in [6.07, 6.45) is 7.69. The fraction of sp³-hybridized carbons (Fsp3) is 0.296. The maximum absolute atomic E-state index is 11.2. The second-order valence-electron chi connectivity index (χ2n) is 10.1. The van der Waals surface area contributed by atoms with Crippen LogP contribution in [0.4, 0.5) is 10.6 Å². The average Bonchev–Trinajstić information content (AvgIpc) is 3.03. The molecule has 2 N–H and O–H groups in total. The lowest BCUT2D eigenvalue weighted by Gasteiger charge is -2.30. The molecule has 39 heavy (non-hydrogen) atoms. The minimum Gasteiger partial charge on any atom is -0.491 e. The van der Waals surface area contributed by atoms with E-state index in [2.05, 4.69) is 51.9 Å². The van der Waals surface area contributed by atoms with Crippen molar-refractivity contribution < 1.29 is 14.3 Å². The number of fused-ring (bicyclic) bond motifs is 3. The number of aromatic nitrogens is 5. The number of aryl methyl sites for hydroxylation is 1. The number of nitrogens with zero attached hydrogens (tertiary/aromatic N) is 6. The lowest BCUT2D eigenvalue weighted by molar-refractivity contribution is 0.205. The van der Waals surface area contributed by atoms with Crippen molar-refractivity contribution in [1.82, 2.24) is 24.5 Å². The summed E-state index contributed by atoms with van der Waals surface area (Å²) < 4.78 is 12.8. The van der Waals surface area contributed by atoms with Crippen LogP contribution in [0.15, 0.2) is 42.9 Å². The quantitative estimate of drug-likeness (QED) is 0.376. The van der Waals surface area contributed by atoms with Crippen molar-refractivity contribution in [3.63, 3.8) is 0 Å². The second-order valence-corrected chi connectivity index (χ2v) is 10.1. The normalized spacial score (nSPS) is 15.2. The van der Waals surface area contributed by atoms with E-state index in [-0.39, 0.29) is 36.2 Å². The highest BCUT2D eigenvalue weighted by Crippen LogP contribution is 2.37. The SMILES string of the molecule is Cl.Cl.Cn1c(OC(N)=O)nc2ncc(-c3ccc4c(c3)CN(c3ncnc5c3CC(C)(C)C=C5)CCO4)cc21. The monoisotopic (exact) mass is 569 g/mol. The average molecular weight is 570 g/mol. The number of anilines is 1. The molecule has 3 aromatic heterocycles. The molecule has 0 fully saturated rings. The van der Waals surface area contributed by atoms with Crippen molar-refractivity contribution in [2.45, 2.75) is 26.8 Å². The van der Waals surface area contributed by atoms with Gasteiger partial charge >= 0.3 is 12.1 Å². The molecular formula is C27H29Cl2N7O3. The van der Waals surface area contributed by atoms with E-state index in [4.69, 9.17) is 20.2 Å². The number of rotatable bonds is 3. The Hall–Kier alpha value is -3.89. The summed E-state index contributed by atoms with van der Waals surface area (Å²) >= 11 is 0. The molecule has 10 nitrogen and oxygen atoms in total. The number of ether oxygens (including phenoxy) is 2. The van der Waals surface area contributed by atoms with Crippen LogP contribution in [0, 0.1) is 5.41 Å². The molecule has 0 saturated heterocycles. The predicted molar refractivity (Wildman–Crippen MR) is 154 cm³/mol. The molecular weight excluding hydrogens is 541 g/mol. The molecule has 1 amide bonds. The third-order valence-corrected chi connectivity index (χ3v) is 6.84.